The summed E-state index contributed by atoms with van der Waals surface area (Å²) in [7, 11) is -2.31. The van der Waals surface area contributed by atoms with Crippen molar-refractivity contribution < 1.29 is 27.6 Å². The number of rotatable bonds is 6. The molecular formula is C23H22ClN5O6S. The van der Waals surface area contributed by atoms with E-state index in [9.17, 15) is 18.0 Å². The van der Waals surface area contributed by atoms with Gasteiger partial charge in [-0.05, 0) is 56.3 Å². The van der Waals surface area contributed by atoms with Gasteiger partial charge in [-0.1, -0.05) is 23.7 Å². The third-order valence-electron chi connectivity index (χ3n) is 4.63. The molecule has 0 atom stereocenters. The molecule has 0 unspecified atom stereocenters. The molecule has 13 heteroatoms. The summed E-state index contributed by atoms with van der Waals surface area (Å²) in [6.45, 7) is 3.43. The summed E-state index contributed by atoms with van der Waals surface area (Å²) >= 11 is 5.91. The minimum absolute atomic E-state index is 0.0336. The fourth-order valence-corrected chi connectivity index (χ4v) is 4.35. The molecule has 0 fully saturated rings. The predicted octanol–water partition coefficient (Wildman–Crippen LogP) is 3.39. The number of carbonyl (C=O) groups is 2. The van der Waals surface area contributed by atoms with Gasteiger partial charge in [0, 0.05) is 22.0 Å². The van der Waals surface area contributed by atoms with Crippen molar-refractivity contribution in [2.24, 2.45) is 4.40 Å². The molecule has 0 saturated carbocycles. The molecule has 0 bridgehead atoms. The molecule has 1 aromatic heterocycles. The number of ether oxygens (including phenoxy) is 1. The maximum absolute atomic E-state index is 13.3. The Balaban J connectivity index is 2.17. The number of aryl methyl sites for hydroxylation is 2. The number of methoxy groups -OCH3 is 1. The zero-order chi connectivity index (χ0) is 26.5. The largest absolute Gasteiger partial charge is 0.465 e. The fraction of sp³-hybridized carbons (Fsp3) is 0.174. The molecule has 36 heavy (non-hydrogen) atoms. The minimum atomic E-state index is -4.59. The molecule has 3 aromatic rings. The van der Waals surface area contributed by atoms with Crippen molar-refractivity contribution in [1.29, 1.82) is 0 Å². The number of sulfonamides is 1. The van der Waals surface area contributed by atoms with Crippen LogP contribution >= 0.6 is 11.6 Å². The summed E-state index contributed by atoms with van der Waals surface area (Å²) in [5.74, 6) is -2.24. The first-order valence-electron chi connectivity index (χ1n) is 10.3. The smallest absolute Gasteiger partial charge is 0.339 e. The van der Waals surface area contributed by atoms with E-state index in [4.69, 9.17) is 16.4 Å². The Kier molecular flexibility index (Phi) is 8.35. The van der Waals surface area contributed by atoms with Crippen LogP contribution in [0.5, 0.6) is 0 Å². The number of hydrogen-bond acceptors (Lipinski definition) is 8. The van der Waals surface area contributed by atoms with Crippen LogP contribution in [0.25, 0.3) is 0 Å². The van der Waals surface area contributed by atoms with Gasteiger partial charge in [-0.3, -0.25) is 14.9 Å². The summed E-state index contributed by atoms with van der Waals surface area (Å²) in [6, 6.07) is 12.9. The summed E-state index contributed by atoms with van der Waals surface area (Å²) in [6.07, 6.45) is 0. The molecular weight excluding hydrogens is 510 g/mol. The number of esters is 1. The molecule has 1 N–H and O–H groups in total. The maximum Gasteiger partial charge on any atom is 0.339 e. The van der Waals surface area contributed by atoms with Crippen molar-refractivity contribution >= 4 is 45.4 Å². The van der Waals surface area contributed by atoms with Gasteiger partial charge >= 0.3 is 5.97 Å². The van der Waals surface area contributed by atoms with Gasteiger partial charge in [-0.25, -0.2) is 14.8 Å². The zero-order valence-electron chi connectivity index (χ0n) is 19.7. The van der Waals surface area contributed by atoms with E-state index in [0.29, 0.717) is 21.5 Å². The molecule has 1 amide bonds. The van der Waals surface area contributed by atoms with Crippen LogP contribution in [0.1, 0.15) is 32.1 Å². The fourth-order valence-electron chi connectivity index (χ4n) is 3.10. The molecule has 3 rings (SSSR count). The second kappa shape index (κ2) is 11.2. The second-order valence-corrected chi connectivity index (χ2v) is 9.27. The molecule has 0 aliphatic heterocycles. The Morgan fingerprint density at radius 3 is 2.19 bits per heavy atom. The topological polar surface area (TPSA) is 140 Å². The normalized spacial score (nSPS) is 11.6. The van der Waals surface area contributed by atoms with Gasteiger partial charge < -0.3 is 4.74 Å². The Morgan fingerprint density at radius 1 is 1.00 bits per heavy atom. The lowest BCUT2D eigenvalue weighted by Crippen LogP contribution is -2.41. The highest BCUT2D eigenvalue weighted by Crippen LogP contribution is 2.21. The molecule has 0 aliphatic rings. The zero-order valence-corrected chi connectivity index (χ0v) is 21.3. The number of amides is 1. The number of guanidine groups is 1. The van der Waals surface area contributed by atoms with Crippen LogP contribution in [-0.4, -0.2) is 55.5 Å². The van der Waals surface area contributed by atoms with E-state index >= 15 is 0 Å². The van der Waals surface area contributed by atoms with E-state index in [0.717, 1.165) is 14.2 Å². The average Bonchev–Trinajstić information content (AvgIpc) is 2.83. The standard InChI is InChI=1S/C23H22ClN5O6S/c1-14-13-15(2)26-22(25-14)27-23(29(35-4)20(30)16-9-11-17(24)12-10-16)28-36(32,33)19-8-6-5-7-18(19)21(31)34-3/h5-13H,1-4H3,(H,25,26,27,28). The lowest BCUT2D eigenvalue weighted by atomic mass is 10.2. The number of nitrogens with one attached hydrogen (secondary N) is 1. The van der Waals surface area contributed by atoms with Crippen molar-refractivity contribution in [3.8, 4) is 0 Å². The quantitative estimate of drug-likeness (QED) is 0.219. The Labute approximate surface area is 212 Å². The first-order valence-corrected chi connectivity index (χ1v) is 12.1. The third-order valence-corrected chi connectivity index (χ3v) is 6.21. The van der Waals surface area contributed by atoms with Crippen LogP contribution < -0.4 is 5.32 Å². The summed E-state index contributed by atoms with van der Waals surface area (Å²) in [4.78, 5) is 38.6. The lowest BCUT2D eigenvalue weighted by molar-refractivity contribution is -0.0404. The van der Waals surface area contributed by atoms with Crippen molar-refractivity contribution in [3.05, 3.63) is 82.1 Å². The highest BCUT2D eigenvalue weighted by atomic mass is 35.5. The van der Waals surface area contributed by atoms with E-state index in [2.05, 4.69) is 24.4 Å². The highest BCUT2D eigenvalue weighted by molar-refractivity contribution is 7.90. The minimum Gasteiger partial charge on any atom is -0.465 e. The van der Waals surface area contributed by atoms with E-state index in [1.54, 1.807) is 19.9 Å². The van der Waals surface area contributed by atoms with Gasteiger partial charge in [0.15, 0.2) is 0 Å². The van der Waals surface area contributed by atoms with Crippen LogP contribution in [0.4, 0.5) is 5.95 Å². The van der Waals surface area contributed by atoms with Crippen LogP contribution in [0.15, 0.2) is 63.9 Å². The summed E-state index contributed by atoms with van der Waals surface area (Å²) in [5, 5.41) is 3.67. The summed E-state index contributed by atoms with van der Waals surface area (Å²) in [5.41, 5.74) is 1.05. The summed E-state index contributed by atoms with van der Waals surface area (Å²) < 4.78 is 35.2. The van der Waals surface area contributed by atoms with Crippen molar-refractivity contribution in [1.82, 2.24) is 15.0 Å². The Bertz CT molecular complexity index is 1410. The van der Waals surface area contributed by atoms with Crippen molar-refractivity contribution in [3.63, 3.8) is 0 Å². The first-order chi connectivity index (χ1) is 17.1. The van der Waals surface area contributed by atoms with E-state index in [-0.39, 0.29) is 17.1 Å². The maximum atomic E-state index is 13.3. The highest BCUT2D eigenvalue weighted by Gasteiger charge is 2.28. The molecule has 2 aromatic carbocycles. The third kappa shape index (κ3) is 6.22. The molecule has 0 saturated heterocycles. The number of hydrogen-bond donors (Lipinski definition) is 1. The Morgan fingerprint density at radius 2 is 1.61 bits per heavy atom. The monoisotopic (exact) mass is 531 g/mol. The molecule has 0 aliphatic carbocycles. The molecule has 11 nitrogen and oxygen atoms in total. The first kappa shape index (κ1) is 26.7. The van der Waals surface area contributed by atoms with Crippen LogP contribution in [0.3, 0.4) is 0 Å². The lowest BCUT2D eigenvalue weighted by Gasteiger charge is -2.22. The number of hydroxylamine groups is 2. The van der Waals surface area contributed by atoms with E-state index < -0.39 is 32.8 Å². The van der Waals surface area contributed by atoms with E-state index in [1.165, 1.54) is 48.5 Å². The van der Waals surface area contributed by atoms with Crippen molar-refractivity contribution in [2.45, 2.75) is 18.7 Å². The van der Waals surface area contributed by atoms with Crippen LogP contribution in [0.2, 0.25) is 5.02 Å². The molecule has 0 spiro atoms. The SMILES string of the molecule is COC(=O)c1ccccc1S(=O)(=O)N=C(Nc1nc(C)cc(C)n1)N(OC)C(=O)c1ccc(Cl)cc1. The van der Waals surface area contributed by atoms with Gasteiger partial charge in [-0.2, -0.15) is 8.42 Å². The van der Waals surface area contributed by atoms with Gasteiger partial charge in [0.1, 0.15) is 4.90 Å². The molecule has 0 radical (unpaired) electrons. The number of halogens is 1. The predicted molar refractivity (Wildman–Crippen MR) is 132 cm³/mol. The van der Waals surface area contributed by atoms with Gasteiger partial charge in [0.25, 0.3) is 15.9 Å². The van der Waals surface area contributed by atoms with Gasteiger partial charge in [-0.15, -0.1) is 9.46 Å². The number of anilines is 1. The molecule has 1 heterocycles. The van der Waals surface area contributed by atoms with Gasteiger partial charge in [0.2, 0.25) is 11.9 Å². The van der Waals surface area contributed by atoms with E-state index in [1.807, 2.05) is 0 Å². The van der Waals surface area contributed by atoms with Crippen LogP contribution in [0, 0.1) is 13.8 Å². The second-order valence-electron chi connectivity index (χ2n) is 7.27. The number of carbonyl (C=O) groups excluding carboxylic acids is 2. The average molecular weight is 532 g/mol. The number of benzene rings is 2. The number of nitrogens with zero attached hydrogens (tertiary/aromatic N) is 4. The van der Waals surface area contributed by atoms with Crippen molar-refractivity contribution in [2.75, 3.05) is 19.5 Å². The number of aromatic nitrogens is 2. The Hall–Kier alpha value is -3.87. The van der Waals surface area contributed by atoms with Crippen LogP contribution in [-0.2, 0) is 19.6 Å². The molecule has 188 valence electrons. The van der Waals surface area contributed by atoms with Gasteiger partial charge in [0.05, 0.1) is 19.8 Å².